The molecule has 1 aromatic heterocycles. The first-order valence-electron chi connectivity index (χ1n) is 8.96. The first-order chi connectivity index (χ1) is 12.7. The molecule has 0 aliphatic carbocycles. The Kier molecular flexibility index (Phi) is 7.12. The van der Waals surface area contributed by atoms with E-state index in [4.69, 9.17) is 0 Å². The van der Waals surface area contributed by atoms with Gasteiger partial charge in [0, 0.05) is 53.5 Å². The van der Waals surface area contributed by atoms with Gasteiger partial charge in [-0.1, -0.05) is 23.9 Å². The number of nitrogens with zero attached hydrogens (tertiary/aromatic N) is 6. The average molecular weight is 391 g/mol. The molecule has 0 saturated heterocycles. The third-order valence-corrected chi connectivity index (χ3v) is 5.11. The van der Waals surface area contributed by atoms with Crippen molar-refractivity contribution in [3.63, 3.8) is 0 Å². The average Bonchev–Trinajstić information content (AvgIpc) is 3.04. The zero-order valence-corrected chi connectivity index (χ0v) is 18.1. The molecule has 0 N–H and O–H groups in total. The van der Waals surface area contributed by atoms with Crippen molar-refractivity contribution in [3.05, 3.63) is 29.8 Å². The molecule has 0 aliphatic heterocycles. The van der Waals surface area contributed by atoms with Gasteiger partial charge in [0.1, 0.15) is 0 Å². The normalized spacial score (nSPS) is 11.0. The van der Waals surface area contributed by atoms with E-state index in [-0.39, 0.29) is 11.9 Å². The molecule has 7 nitrogen and oxygen atoms in total. The molecule has 0 bridgehead atoms. The highest BCUT2D eigenvalue weighted by Gasteiger charge is 2.18. The van der Waals surface area contributed by atoms with Crippen molar-refractivity contribution < 1.29 is 4.79 Å². The Hall–Kier alpha value is -2.22. The number of anilines is 2. The van der Waals surface area contributed by atoms with E-state index in [1.54, 1.807) is 4.90 Å². The monoisotopic (exact) mass is 390 g/mol. The Morgan fingerprint density at radius 2 is 1.67 bits per heavy atom. The van der Waals surface area contributed by atoms with Crippen LogP contribution in [0.15, 0.2) is 29.4 Å². The van der Waals surface area contributed by atoms with Crippen LogP contribution in [0.5, 0.6) is 0 Å². The summed E-state index contributed by atoms with van der Waals surface area (Å²) in [5.41, 5.74) is 2.26. The van der Waals surface area contributed by atoms with Crippen LogP contribution in [0.4, 0.5) is 11.6 Å². The minimum atomic E-state index is 0.0707. The molecule has 0 saturated carbocycles. The predicted molar refractivity (Wildman–Crippen MR) is 113 cm³/mol. The van der Waals surface area contributed by atoms with Crippen LogP contribution in [-0.4, -0.2) is 66.6 Å². The van der Waals surface area contributed by atoms with Crippen molar-refractivity contribution in [1.29, 1.82) is 0 Å². The van der Waals surface area contributed by atoms with E-state index in [0.717, 1.165) is 22.4 Å². The molecule has 0 spiro atoms. The highest BCUT2D eigenvalue weighted by Crippen LogP contribution is 2.25. The molecule has 2 aromatic rings. The van der Waals surface area contributed by atoms with Gasteiger partial charge in [0.05, 0.1) is 5.75 Å². The Morgan fingerprint density at radius 1 is 1.04 bits per heavy atom. The smallest absolute Gasteiger partial charge is 0.233 e. The van der Waals surface area contributed by atoms with Crippen LogP contribution in [0.1, 0.15) is 25.5 Å². The van der Waals surface area contributed by atoms with Crippen LogP contribution in [0.3, 0.4) is 0 Å². The first kappa shape index (κ1) is 21.1. The maximum atomic E-state index is 12.5. The standard InChI is InChI=1S/C19H30N6OS/c1-14(2)25-18(23(5)6)20-21-19(25)27-13-17(26)24(7)12-15-8-10-16(11-9-15)22(3)4/h8-11,14H,12-13H2,1-7H3. The van der Waals surface area contributed by atoms with Crippen LogP contribution >= 0.6 is 11.8 Å². The van der Waals surface area contributed by atoms with Gasteiger partial charge in [-0.05, 0) is 31.5 Å². The summed E-state index contributed by atoms with van der Waals surface area (Å²) < 4.78 is 2.05. The molecule has 8 heteroatoms. The van der Waals surface area contributed by atoms with Crippen LogP contribution in [0.2, 0.25) is 0 Å². The summed E-state index contributed by atoms with van der Waals surface area (Å²) in [4.78, 5) is 18.3. The number of thioether (sulfide) groups is 1. The van der Waals surface area contributed by atoms with E-state index in [2.05, 4.69) is 57.8 Å². The van der Waals surface area contributed by atoms with Gasteiger partial charge in [-0.25, -0.2) is 0 Å². The topological polar surface area (TPSA) is 57.5 Å². The summed E-state index contributed by atoms with van der Waals surface area (Å²) >= 11 is 1.43. The number of amides is 1. The van der Waals surface area contributed by atoms with E-state index < -0.39 is 0 Å². The summed E-state index contributed by atoms with van der Waals surface area (Å²) in [6.45, 7) is 4.77. The Morgan fingerprint density at radius 3 is 2.19 bits per heavy atom. The van der Waals surface area contributed by atoms with Gasteiger partial charge >= 0.3 is 0 Å². The minimum Gasteiger partial charge on any atom is -0.378 e. The Bertz CT molecular complexity index is 754. The summed E-state index contributed by atoms with van der Waals surface area (Å²) in [5, 5.41) is 9.27. The second kappa shape index (κ2) is 9.12. The second-order valence-corrected chi connectivity index (χ2v) is 8.18. The third-order valence-electron chi connectivity index (χ3n) is 4.19. The van der Waals surface area contributed by atoms with E-state index in [1.165, 1.54) is 11.8 Å². The van der Waals surface area contributed by atoms with E-state index in [1.807, 2.05) is 40.1 Å². The summed E-state index contributed by atoms with van der Waals surface area (Å²) in [6.07, 6.45) is 0. The van der Waals surface area contributed by atoms with Gasteiger partial charge in [-0.3, -0.25) is 9.36 Å². The lowest BCUT2D eigenvalue weighted by atomic mass is 10.2. The van der Waals surface area contributed by atoms with Crippen molar-refractivity contribution in [1.82, 2.24) is 19.7 Å². The lowest BCUT2D eigenvalue weighted by molar-refractivity contribution is -0.127. The fraction of sp³-hybridized carbons (Fsp3) is 0.526. The maximum Gasteiger partial charge on any atom is 0.233 e. The van der Waals surface area contributed by atoms with E-state index in [0.29, 0.717) is 12.3 Å². The Labute approximate surface area is 166 Å². The largest absolute Gasteiger partial charge is 0.378 e. The third kappa shape index (κ3) is 5.38. The van der Waals surface area contributed by atoms with Gasteiger partial charge in [0.2, 0.25) is 11.9 Å². The molecule has 0 aliphatic rings. The summed E-state index contributed by atoms with van der Waals surface area (Å²) in [7, 11) is 9.75. The molecule has 1 amide bonds. The highest BCUT2D eigenvalue weighted by molar-refractivity contribution is 7.99. The van der Waals surface area contributed by atoms with E-state index in [9.17, 15) is 4.79 Å². The molecular formula is C19H30N6OS. The van der Waals surface area contributed by atoms with Gasteiger partial charge in [-0.15, -0.1) is 10.2 Å². The van der Waals surface area contributed by atoms with Crippen LogP contribution in [0.25, 0.3) is 0 Å². The van der Waals surface area contributed by atoms with Gasteiger partial charge in [0.25, 0.3) is 0 Å². The fourth-order valence-corrected chi connectivity index (χ4v) is 3.63. The number of benzene rings is 1. The second-order valence-electron chi connectivity index (χ2n) is 7.24. The molecular weight excluding hydrogens is 360 g/mol. The molecule has 0 fully saturated rings. The Balaban J connectivity index is 1.97. The molecule has 1 heterocycles. The predicted octanol–water partition coefficient (Wildman–Crippen LogP) is 2.74. The molecule has 27 heavy (non-hydrogen) atoms. The lowest BCUT2D eigenvalue weighted by Gasteiger charge is -2.19. The zero-order chi connectivity index (χ0) is 20.1. The molecule has 148 valence electrons. The van der Waals surface area contributed by atoms with Crippen molar-refractivity contribution in [2.75, 3.05) is 50.8 Å². The molecule has 2 rings (SSSR count). The molecule has 0 atom stereocenters. The molecule has 1 aromatic carbocycles. The zero-order valence-electron chi connectivity index (χ0n) is 17.3. The van der Waals surface area contributed by atoms with Crippen molar-refractivity contribution in [2.24, 2.45) is 0 Å². The van der Waals surface area contributed by atoms with Crippen LogP contribution in [-0.2, 0) is 11.3 Å². The number of aromatic nitrogens is 3. The number of hydrogen-bond acceptors (Lipinski definition) is 6. The van der Waals surface area contributed by atoms with Gasteiger partial charge in [0.15, 0.2) is 5.16 Å². The number of carbonyl (C=O) groups is 1. The van der Waals surface area contributed by atoms with Crippen molar-refractivity contribution in [2.45, 2.75) is 31.6 Å². The van der Waals surface area contributed by atoms with Crippen LogP contribution < -0.4 is 9.80 Å². The van der Waals surface area contributed by atoms with Gasteiger partial charge in [-0.2, -0.15) is 0 Å². The SMILES string of the molecule is CC(C)n1c(SCC(=O)N(C)Cc2ccc(N(C)C)cc2)nnc1N(C)C. The van der Waals surface area contributed by atoms with E-state index >= 15 is 0 Å². The molecule has 0 radical (unpaired) electrons. The van der Waals surface area contributed by atoms with Crippen molar-refractivity contribution >= 4 is 29.3 Å². The van der Waals surface area contributed by atoms with Crippen molar-refractivity contribution in [3.8, 4) is 0 Å². The molecule has 0 unspecified atom stereocenters. The minimum absolute atomic E-state index is 0.0707. The summed E-state index contributed by atoms with van der Waals surface area (Å²) in [5.74, 6) is 1.21. The number of carbonyl (C=O) groups excluding carboxylic acids is 1. The number of hydrogen-bond donors (Lipinski definition) is 0. The number of rotatable bonds is 8. The highest BCUT2D eigenvalue weighted by atomic mass is 32.2. The van der Waals surface area contributed by atoms with Gasteiger partial charge < -0.3 is 14.7 Å². The quantitative estimate of drug-likeness (QED) is 0.646. The summed E-state index contributed by atoms with van der Waals surface area (Å²) in [6, 6.07) is 8.48. The van der Waals surface area contributed by atoms with Crippen LogP contribution in [0, 0.1) is 0 Å². The lowest BCUT2D eigenvalue weighted by Crippen LogP contribution is -2.28. The maximum absolute atomic E-state index is 12.5. The first-order valence-corrected chi connectivity index (χ1v) is 9.94. The fourth-order valence-electron chi connectivity index (χ4n) is 2.62.